The van der Waals surface area contributed by atoms with E-state index in [1.807, 2.05) is 66.7 Å². The lowest BCUT2D eigenvalue weighted by molar-refractivity contribution is -0.115. The van der Waals surface area contributed by atoms with E-state index < -0.39 is 5.25 Å². The summed E-state index contributed by atoms with van der Waals surface area (Å²) >= 11 is 1.24. The van der Waals surface area contributed by atoms with Gasteiger partial charge in [0.2, 0.25) is 11.1 Å². The molecule has 0 aliphatic carbocycles. The monoisotopic (exact) mass is 419 g/mol. The Hall–Kier alpha value is -3.52. The minimum Gasteiger partial charge on any atom is -0.496 e. The van der Waals surface area contributed by atoms with Crippen LogP contribution >= 0.6 is 11.8 Å². The topological polar surface area (TPSA) is 95.1 Å². The van der Waals surface area contributed by atoms with Crippen molar-refractivity contribution >= 4 is 34.1 Å². The number of nitrogens with two attached hydrogens (primary N) is 1. The number of amides is 1. The van der Waals surface area contributed by atoms with E-state index in [1.165, 1.54) is 16.4 Å². The standard InChI is InChI=1S/C22H21N5O2S/c1-14(21(28)24-17-12-11-15-7-3-4-8-16(15)13-17)30-22-26-25-20(27(22)23)18-9-5-6-10-19(18)29-2/h3-14H,23H2,1-2H3,(H,24,28). The van der Waals surface area contributed by atoms with Gasteiger partial charge in [-0.05, 0) is 42.0 Å². The van der Waals surface area contributed by atoms with Gasteiger partial charge in [0.1, 0.15) is 5.75 Å². The first-order valence-corrected chi connectivity index (χ1v) is 10.2. The normalized spacial score (nSPS) is 11.9. The Morgan fingerprint density at radius 2 is 1.80 bits per heavy atom. The molecule has 0 spiro atoms. The van der Waals surface area contributed by atoms with Crippen LogP contribution in [0.5, 0.6) is 5.75 Å². The highest BCUT2D eigenvalue weighted by atomic mass is 32.2. The van der Waals surface area contributed by atoms with Gasteiger partial charge in [-0.15, -0.1) is 10.2 Å². The van der Waals surface area contributed by atoms with Crippen molar-refractivity contribution in [3.63, 3.8) is 0 Å². The van der Waals surface area contributed by atoms with Gasteiger partial charge in [0.25, 0.3) is 0 Å². The molecule has 0 saturated carbocycles. The van der Waals surface area contributed by atoms with E-state index in [2.05, 4.69) is 15.5 Å². The number of carbonyl (C=O) groups excluding carboxylic acids is 1. The molecule has 0 radical (unpaired) electrons. The maximum absolute atomic E-state index is 12.7. The summed E-state index contributed by atoms with van der Waals surface area (Å²) in [7, 11) is 1.59. The minimum absolute atomic E-state index is 0.142. The van der Waals surface area contributed by atoms with Crippen LogP contribution < -0.4 is 15.9 Å². The van der Waals surface area contributed by atoms with Gasteiger partial charge in [-0.2, -0.15) is 0 Å². The highest BCUT2D eigenvalue weighted by Gasteiger charge is 2.21. The lowest BCUT2D eigenvalue weighted by Crippen LogP contribution is -2.23. The zero-order valence-corrected chi connectivity index (χ0v) is 17.4. The zero-order valence-electron chi connectivity index (χ0n) is 16.6. The molecule has 0 aliphatic heterocycles. The van der Waals surface area contributed by atoms with E-state index in [0.717, 1.165) is 22.0 Å². The largest absolute Gasteiger partial charge is 0.496 e. The van der Waals surface area contributed by atoms with Gasteiger partial charge in [-0.25, -0.2) is 4.68 Å². The molecular formula is C22H21N5O2S. The number of thioether (sulfide) groups is 1. The Morgan fingerprint density at radius 1 is 1.07 bits per heavy atom. The van der Waals surface area contributed by atoms with Crippen molar-refractivity contribution in [3.8, 4) is 17.1 Å². The molecule has 1 atom stereocenters. The molecule has 3 N–H and O–H groups in total. The first-order valence-electron chi connectivity index (χ1n) is 9.37. The van der Waals surface area contributed by atoms with Crippen LogP contribution in [0.2, 0.25) is 0 Å². The predicted octanol–water partition coefficient (Wildman–Crippen LogP) is 3.94. The van der Waals surface area contributed by atoms with E-state index in [0.29, 0.717) is 16.7 Å². The van der Waals surface area contributed by atoms with E-state index in [4.69, 9.17) is 10.6 Å². The summed E-state index contributed by atoms with van der Waals surface area (Å²) in [5.74, 6) is 7.18. The van der Waals surface area contributed by atoms with Gasteiger partial charge in [0.05, 0.1) is 17.9 Å². The molecular weight excluding hydrogens is 398 g/mol. The molecule has 1 heterocycles. The lowest BCUT2D eigenvalue weighted by atomic mass is 10.1. The third kappa shape index (κ3) is 3.95. The van der Waals surface area contributed by atoms with Gasteiger partial charge < -0.3 is 15.9 Å². The van der Waals surface area contributed by atoms with Gasteiger partial charge >= 0.3 is 0 Å². The number of hydrogen-bond donors (Lipinski definition) is 2. The molecule has 1 unspecified atom stereocenters. The van der Waals surface area contributed by atoms with Crippen molar-refractivity contribution < 1.29 is 9.53 Å². The molecule has 3 aromatic carbocycles. The zero-order chi connectivity index (χ0) is 21.1. The smallest absolute Gasteiger partial charge is 0.237 e. The second-order valence-electron chi connectivity index (χ2n) is 6.69. The maximum atomic E-state index is 12.7. The Kier molecular flexibility index (Phi) is 5.58. The first kappa shape index (κ1) is 19.8. The SMILES string of the molecule is COc1ccccc1-c1nnc(SC(C)C(=O)Nc2ccc3ccccc3c2)n1N. The molecule has 30 heavy (non-hydrogen) atoms. The summed E-state index contributed by atoms with van der Waals surface area (Å²) in [6, 6.07) is 21.3. The van der Waals surface area contributed by atoms with E-state index >= 15 is 0 Å². The van der Waals surface area contributed by atoms with Crippen LogP contribution in [-0.4, -0.2) is 33.1 Å². The summed E-state index contributed by atoms with van der Waals surface area (Å²) in [6.45, 7) is 1.80. The van der Waals surface area contributed by atoms with Crippen LogP contribution in [0.4, 0.5) is 5.69 Å². The minimum atomic E-state index is -0.423. The molecule has 1 amide bonds. The summed E-state index contributed by atoms with van der Waals surface area (Å²) in [5.41, 5.74) is 1.48. The number of carbonyl (C=O) groups is 1. The van der Waals surface area contributed by atoms with Crippen LogP contribution in [0.1, 0.15) is 6.92 Å². The van der Waals surface area contributed by atoms with Gasteiger partial charge in [-0.1, -0.05) is 54.2 Å². The third-order valence-electron chi connectivity index (χ3n) is 4.68. The average molecular weight is 420 g/mol. The van der Waals surface area contributed by atoms with Crippen molar-refractivity contribution in [2.45, 2.75) is 17.3 Å². The van der Waals surface area contributed by atoms with Crippen LogP contribution in [0.25, 0.3) is 22.2 Å². The Morgan fingerprint density at radius 3 is 2.60 bits per heavy atom. The molecule has 0 aliphatic rings. The fraction of sp³-hybridized carbons (Fsp3) is 0.136. The molecule has 0 saturated heterocycles. The van der Waals surface area contributed by atoms with Crippen LogP contribution in [0, 0.1) is 0 Å². The van der Waals surface area contributed by atoms with Crippen molar-refractivity contribution in [1.82, 2.24) is 14.9 Å². The third-order valence-corrected chi connectivity index (χ3v) is 5.74. The Balaban J connectivity index is 1.48. The fourth-order valence-electron chi connectivity index (χ4n) is 3.09. The number of ether oxygens (including phenoxy) is 1. The number of hydrogen-bond acceptors (Lipinski definition) is 6. The van der Waals surface area contributed by atoms with Crippen molar-refractivity contribution in [3.05, 3.63) is 66.7 Å². The molecule has 0 bridgehead atoms. The lowest BCUT2D eigenvalue weighted by Gasteiger charge is -2.12. The number of nitrogens with one attached hydrogen (secondary N) is 1. The van der Waals surface area contributed by atoms with Crippen LogP contribution in [0.15, 0.2) is 71.9 Å². The average Bonchev–Trinajstić information content (AvgIpc) is 3.13. The van der Waals surface area contributed by atoms with Crippen molar-refractivity contribution in [1.29, 1.82) is 0 Å². The Labute approximate surface area is 178 Å². The second kappa shape index (κ2) is 8.46. The number of nitrogens with zero attached hydrogens (tertiary/aromatic N) is 3. The van der Waals surface area contributed by atoms with E-state index in [1.54, 1.807) is 14.0 Å². The van der Waals surface area contributed by atoms with Crippen molar-refractivity contribution in [2.75, 3.05) is 18.3 Å². The number of fused-ring (bicyclic) bond motifs is 1. The number of aromatic nitrogens is 3. The highest BCUT2D eigenvalue weighted by Crippen LogP contribution is 2.30. The molecule has 152 valence electrons. The van der Waals surface area contributed by atoms with E-state index in [-0.39, 0.29) is 5.91 Å². The summed E-state index contributed by atoms with van der Waals surface area (Å²) in [5, 5.41) is 13.5. The molecule has 4 rings (SSSR count). The molecule has 8 heteroatoms. The Bertz CT molecular complexity index is 1210. The molecule has 4 aromatic rings. The quantitative estimate of drug-likeness (QED) is 0.363. The number of rotatable bonds is 6. The molecule has 1 aromatic heterocycles. The maximum Gasteiger partial charge on any atom is 0.237 e. The van der Waals surface area contributed by atoms with Gasteiger partial charge in [0.15, 0.2) is 5.82 Å². The summed E-state index contributed by atoms with van der Waals surface area (Å²) in [6.07, 6.45) is 0. The number of nitrogen functional groups attached to an aromatic ring is 1. The number of methoxy groups -OCH3 is 1. The highest BCUT2D eigenvalue weighted by molar-refractivity contribution is 8.00. The van der Waals surface area contributed by atoms with Gasteiger partial charge in [0, 0.05) is 5.69 Å². The molecule has 0 fully saturated rings. The fourth-order valence-corrected chi connectivity index (χ4v) is 3.86. The second-order valence-corrected chi connectivity index (χ2v) is 8.00. The van der Waals surface area contributed by atoms with Gasteiger partial charge in [-0.3, -0.25) is 4.79 Å². The summed E-state index contributed by atoms with van der Waals surface area (Å²) in [4.78, 5) is 12.7. The first-order chi connectivity index (χ1) is 14.6. The van der Waals surface area contributed by atoms with E-state index in [9.17, 15) is 4.79 Å². The van der Waals surface area contributed by atoms with Crippen LogP contribution in [-0.2, 0) is 4.79 Å². The number of benzene rings is 3. The number of para-hydroxylation sites is 1. The van der Waals surface area contributed by atoms with Crippen LogP contribution in [0.3, 0.4) is 0 Å². The summed E-state index contributed by atoms with van der Waals surface area (Å²) < 4.78 is 6.75. The van der Waals surface area contributed by atoms with Crippen molar-refractivity contribution in [2.24, 2.45) is 0 Å². The number of anilines is 1. The molecule has 7 nitrogen and oxygen atoms in total. The predicted molar refractivity (Wildman–Crippen MR) is 120 cm³/mol.